The Morgan fingerprint density at radius 1 is 1.33 bits per heavy atom. The van der Waals surface area contributed by atoms with E-state index in [-0.39, 0.29) is 22.8 Å². The summed E-state index contributed by atoms with van der Waals surface area (Å²) in [4.78, 5) is 11.7. The molecule has 0 atom stereocenters. The fourth-order valence-corrected chi connectivity index (χ4v) is 2.22. The molecule has 1 saturated heterocycles. The fraction of sp³-hybridized carbons (Fsp3) is 0.364. The number of halogens is 2. The average Bonchev–Trinajstić information content (AvgIpc) is 2.11. The quantitative estimate of drug-likeness (QED) is 0.724. The van der Waals surface area contributed by atoms with E-state index in [0.29, 0.717) is 11.5 Å². The number of Topliss-reactive ketones (excluding diaryl/α,β-unsaturated/α-hetero) is 1. The van der Waals surface area contributed by atoms with Crippen molar-refractivity contribution in [2.24, 2.45) is 5.92 Å². The highest BCUT2D eigenvalue weighted by Gasteiger charge is 2.29. The van der Waals surface area contributed by atoms with Crippen LogP contribution in [0.1, 0.15) is 15.9 Å². The van der Waals surface area contributed by atoms with Gasteiger partial charge in [0.05, 0.1) is 5.56 Å². The molecule has 1 aromatic rings. The Morgan fingerprint density at radius 3 is 2.53 bits per heavy atom. The third-order valence-electron chi connectivity index (χ3n) is 2.55. The zero-order valence-electron chi connectivity index (χ0n) is 8.22. The summed E-state index contributed by atoms with van der Waals surface area (Å²) in [5.74, 6) is -0.886. The second-order valence-corrected chi connectivity index (χ2v) is 4.73. The molecular weight excluding hydrogens is 218 g/mol. The van der Waals surface area contributed by atoms with E-state index < -0.39 is 11.6 Å². The lowest BCUT2D eigenvalue weighted by Gasteiger charge is -2.23. The van der Waals surface area contributed by atoms with Gasteiger partial charge in [-0.15, -0.1) is 0 Å². The van der Waals surface area contributed by atoms with E-state index in [1.54, 1.807) is 11.8 Å². The standard InChI is InChI=1S/C11H10F2OS/c1-6-2-3-8(10(13)9(6)12)11(14)7-4-15-5-7/h2-3,7H,4-5H2,1H3. The maximum absolute atomic E-state index is 13.4. The van der Waals surface area contributed by atoms with Crippen molar-refractivity contribution in [3.05, 3.63) is 34.9 Å². The summed E-state index contributed by atoms with van der Waals surface area (Å²) in [7, 11) is 0. The van der Waals surface area contributed by atoms with Gasteiger partial charge < -0.3 is 0 Å². The topological polar surface area (TPSA) is 17.1 Å². The van der Waals surface area contributed by atoms with Crippen molar-refractivity contribution in [3.63, 3.8) is 0 Å². The van der Waals surface area contributed by atoms with Crippen LogP contribution in [0.3, 0.4) is 0 Å². The van der Waals surface area contributed by atoms with Crippen LogP contribution >= 0.6 is 11.8 Å². The summed E-state index contributed by atoms with van der Waals surface area (Å²) in [6.07, 6.45) is 0. The van der Waals surface area contributed by atoms with Gasteiger partial charge in [0.1, 0.15) is 0 Å². The molecule has 2 rings (SSSR count). The van der Waals surface area contributed by atoms with E-state index >= 15 is 0 Å². The molecule has 1 aliphatic rings. The van der Waals surface area contributed by atoms with Crippen molar-refractivity contribution >= 4 is 17.5 Å². The van der Waals surface area contributed by atoms with E-state index in [0.717, 1.165) is 0 Å². The lowest BCUT2D eigenvalue weighted by atomic mass is 9.98. The van der Waals surface area contributed by atoms with Crippen LogP contribution in [0.2, 0.25) is 0 Å². The number of carbonyl (C=O) groups is 1. The Kier molecular flexibility index (Phi) is 2.78. The largest absolute Gasteiger partial charge is 0.294 e. The Hall–Kier alpha value is -0.900. The number of benzene rings is 1. The summed E-state index contributed by atoms with van der Waals surface area (Å²) in [5, 5.41) is 0. The fourth-order valence-electron chi connectivity index (χ4n) is 1.44. The second kappa shape index (κ2) is 3.93. The van der Waals surface area contributed by atoms with E-state index in [1.165, 1.54) is 19.1 Å². The molecule has 1 nitrogen and oxygen atoms in total. The number of aryl methyl sites for hydroxylation is 1. The monoisotopic (exact) mass is 228 g/mol. The summed E-state index contributed by atoms with van der Waals surface area (Å²) < 4.78 is 26.6. The number of rotatable bonds is 2. The third-order valence-corrected chi connectivity index (χ3v) is 3.83. The molecule has 0 amide bonds. The molecule has 1 heterocycles. The Bertz CT molecular complexity index is 413. The number of thioether (sulfide) groups is 1. The lowest BCUT2D eigenvalue weighted by Crippen LogP contribution is -2.28. The van der Waals surface area contributed by atoms with Gasteiger partial charge in [0.2, 0.25) is 0 Å². The molecule has 0 aromatic heterocycles. The predicted octanol–water partition coefficient (Wildman–Crippen LogP) is 2.82. The SMILES string of the molecule is Cc1ccc(C(=O)C2CSC2)c(F)c1F. The van der Waals surface area contributed by atoms with Gasteiger partial charge in [-0.2, -0.15) is 11.8 Å². The average molecular weight is 228 g/mol. The molecule has 1 fully saturated rings. The molecular formula is C11H10F2OS. The first kappa shape index (κ1) is 10.6. The lowest BCUT2D eigenvalue weighted by molar-refractivity contribution is 0.0933. The summed E-state index contributed by atoms with van der Waals surface area (Å²) in [5.41, 5.74) is 0.121. The molecule has 0 bridgehead atoms. The summed E-state index contributed by atoms with van der Waals surface area (Å²) >= 11 is 1.64. The van der Waals surface area contributed by atoms with Crippen LogP contribution in [0.15, 0.2) is 12.1 Å². The van der Waals surface area contributed by atoms with Crippen LogP contribution in [-0.2, 0) is 0 Å². The van der Waals surface area contributed by atoms with Gasteiger partial charge in [0.15, 0.2) is 17.4 Å². The van der Waals surface area contributed by atoms with Crippen LogP contribution in [0.5, 0.6) is 0 Å². The first-order valence-electron chi connectivity index (χ1n) is 4.68. The van der Waals surface area contributed by atoms with Gasteiger partial charge in [0.25, 0.3) is 0 Å². The van der Waals surface area contributed by atoms with Crippen molar-refractivity contribution in [2.45, 2.75) is 6.92 Å². The van der Waals surface area contributed by atoms with Gasteiger partial charge in [-0.3, -0.25) is 4.79 Å². The van der Waals surface area contributed by atoms with Crippen molar-refractivity contribution in [1.29, 1.82) is 0 Å². The van der Waals surface area contributed by atoms with E-state index in [1.807, 2.05) is 0 Å². The smallest absolute Gasteiger partial charge is 0.170 e. The first-order chi connectivity index (χ1) is 7.11. The minimum Gasteiger partial charge on any atom is -0.294 e. The predicted molar refractivity (Wildman–Crippen MR) is 56.2 cm³/mol. The van der Waals surface area contributed by atoms with Crippen LogP contribution in [0, 0.1) is 24.5 Å². The molecule has 1 aromatic carbocycles. The summed E-state index contributed by atoms with van der Waals surface area (Å²) in [6, 6.07) is 2.82. The highest BCUT2D eigenvalue weighted by atomic mass is 32.2. The van der Waals surface area contributed by atoms with Gasteiger partial charge in [-0.1, -0.05) is 6.07 Å². The first-order valence-corrected chi connectivity index (χ1v) is 5.83. The number of carbonyl (C=O) groups excluding carboxylic acids is 1. The minimum atomic E-state index is -1.00. The van der Waals surface area contributed by atoms with Gasteiger partial charge in [-0.05, 0) is 18.6 Å². The minimum absolute atomic E-state index is 0.108. The van der Waals surface area contributed by atoms with Crippen molar-refractivity contribution in [3.8, 4) is 0 Å². The number of ketones is 1. The van der Waals surface area contributed by atoms with Crippen LogP contribution in [0.4, 0.5) is 8.78 Å². The van der Waals surface area contributed by atoms with Crippen molar-refractivity contribution in [1.82, 2.24) is 0 Å². The molecule has 0 spiro atoms. The maximum Gasteiger partial charge on any atom is 0.170 e. The molecule has 4 heteroatoms. The number of hydrogen-bond donors (Lipinski definition) is 0. The van der Waals surface area contributed by atoms with Crippen LogP contribution < -0.4 is 0 Å². The van der Waals surface area contributed by atoms with Gasteiger partial charge in [0, 0.05) is 17.4 Å². The molecule has 15 heavy (non-hydrogen) atoms. The Morgan fingerprint density at radius 2 is 2.00 bits per heavy atom. The van der Waals surface area contributed by atoms with Gasteiger partial charge in [-0.25, -0.2) is 8.78 Å². The highest BCUT2D eigenvalue weighted by Crippen LogP contribution is 2.29. The van der Waals surface area contributed by atoms with Crippen molar-refractivity contribution < 1.29 is 13.6 Å². The van der Waals surface area contributed by atoms with E-state index in [4.69, 9.17) is 0 Å². The summed E-state index contributed by atoms with van der Waals surface area (Å²) in [6.45, 7) is 1.48. The molecule has 0 unspecified atom stereocenters. The van der Waals surface area contributed by atoms with Crippen LogP contribution in [0.25, 0.3) is 0 Å². The zero-order chi connectivity index (χ0) is 11.0. The van der Waals surface area contributed by atoms with E-state index in [9.17, 15) is 13.6 Å². The highest BCUT2D eigenvalue weighted by molar-refractivity contribution is 8.00. The van der Waals surface area contributed by atoms with Crippen molar-refractivity contribution in [2.75, 3.05) is 11.5 Å². The molecule has 80 valence electrons. The maximum atomic E-state index is 13.4. The third kappa shape index (κ3) is 1.78. The molecule has 1 aliphatic heterocycles. The second-order valence-electron chi connectivity index (χ2n) is 3.66. The normalized spacial score (nSPS) is 16.2. The molecule has 0 N–H and O–H groups in total. The Labute approximate surface area is 90.9 Å². The van der Waals surface area contributed by atoms with E-state index in [2.05, 4.69) is 0 Å². The number of hydrogen-bond acceptors (Lipinski definition) is 2. The molecule has 0 aliphatic carbocycles. The van der Waals surface area contributed by atoms with Gasteiger partial charge >= 0.3 is 0 Å². The zero-order valence-corrected chi connectivity index (χ0v) is 9.04. The Balaban J connectivity index is 2.35. The molecule has 0 radical (unpaired) electrons. The van der Waals surface area contributed by atoms with Crippen LogP contribution in [-0.4, -0.2) is 17.3 Å². The molecule has 0 saturated carbocycles.